The van der Waals surface area contributed by atoms with Gasteiger partial charge in [0.05, 0.1) is 11.6 Å². The fourth-order valence-corrected chi connectivity index (χ4v) is 1.69. The molecule has 0 unspecified atom stereocenters. The number of phenolic OH excluding ortho intramolecular Hbond substituents is 2. The number of phenols is 2. The first kappa shape index (κ1) is 35.1. The van der Waals surface area contributed by atoms with Crippen LogP contribution in [0, 0.1) is 25.2 Å². The van der Waals surface area contributed by atoms with Gasteiger partial charge < -0.3 is 10.2 Å². The molecule has 0 fully saturated rings. The monoisotopic (exact) mass is 432 g/mol. The molecule has 174 valence electrons. The van der Waals surface area contributed by atoms with Crippen molar-refractivity contribution in [2.24, 2.45) is 0 Å². The van der Waals surface area contributed by atoms with E-state index in [1.165, 1.54) is 0 Å². The molecule has 3 nitrogen and oxygen atoms in total. The summed E-state index contributed by atoms with van der Waals surface area (Å²) in [6.45, 7) is 15.8. The Morgan fingerprint density at radius 3 is 1.26 bits per heavy atom. The summed E-state index contributed by atoms with van der Waals surface area (Å²) in [5, 5.41) is 26.0. The normalized spacial score (nSPS) is 7.32. The van der Waals surface area contributed by atoms with E-state index in [-0.39, 0.29) is 6.13 Å². The number of para-hydroxylation sites is 2. The highest BCUT2D eigenvalue weighted by atomic mass is 19.0. The molecule has 3 rings (SSSR count). The van der Waals surface area contributed by atoms with Crippen molar-refractivity contribution in [2.45, 2.75) is 55.4 Å². The van der Waals surface area contributed by atoms with E-state index in [0.717, 1.165) is 16.7 Å². The summed E-state index contributed by atoms with van der Waals surface area (Å²) in [7, 11) is 0. The van der Waals surface area contributed by atoms with Gasteiger partial charge in [0.1, 0.15) is 11.5 Å². The predicted octanol–water partition coefficient (Wildman–Crippen LogP) is 8.44. The summed E-state index contributed by atoms with van der Waals surface area (Å²) < 4.78 is 0. The van der Waals surface area contributed by atoms with Crippen LogP contribution in [0.1, 0.15) is 59.7 Å². The van der Waals surface area contributed by atoms with Crippen LogP contribution in [0.15, 0.2) is 78.9 Å². The number of aromatic hydroxyl groups is 2. The lowest BCUT2D eigenvalue weighted by atomic mass is 10.1. The van der Waals surface area contributed by atoms with Crippen LogP contribution in [0.2, 0.25) is 0 Å². The number of benzene rings is 3. The number of hydrogen-bond acceptors (Lipinski definition) is 3. The van der Waals surface area contributed by atoms with Crippen molar-refractivity contribution < 1.29 is 16.3 Å². The third-order valence-corrected chi connectivity index (χ3v) is 3.14. The predicted molar refractivity (Wildman–Crippen MR) is 136 cm³/mol. The third-order valence-electron chi connectivity index (χ3n) is 3.14. The van der Waals surface area contributed by atoms with Crippen LogP contribution in [-0.4, -0.2) is 10.2 Å². The Balaban J connectivity index is -0.0000000994. The van der Waals surface area contributed by atoms with Gasteiger partial charge in [0.25, 0.3) is 0 Å². The average Bonchev–Trinajstić information content (AvgIpc) is 2.82. The molecule has 0 saturated heterocycles. The van der Waals surface area contributed by atoms with Crippen LogP contribution >= 0.6 is 0 Å². The molecule has 0 bridgehead atoms. The van der Waals surface area contributed by atoms with Crippen LogP contribution in [0.3, 0.4) is 0 Å². The maximum Gasteiger partial charge on any atom is 0.118 e. The molecule has 0 atom stereocenters. The zero-order valence-electron chi connectivity index (χ0n) is 20.3. The average molecular weight is 433 g/mol. The van der Waals surface area contributed by atoms with Gasteiger partial charge in [-0.25, -0.2) is 0 Å². The quantitative estimate of drug-likeness (QED) is 0.374. The van der Waals surface area contributed by atoms with Gasteiger partial charge >= 0.3 is 0 Å². The molecule has 0 aliphatic heterocycles. The third kappa shape index (κ3) is 19.8. The molecule has 0 amide bonds. The number of aryl methyl sites for hydroxylation is 2. The second-order valence-electron chi connectivity index (χ2n) is 5.05. The van der Waals surface area contributed by atoms with E-state index in [1.807, 2.05) is 104 Å². The Labute approximate surface area is 190 Å². The summed E-state index contributed by atoms with van der Waals surface area (Å²) in [6.07, 6.45) is 0. The van der Waals surface area contributed by atoms with Crippen molar-refractivity contribution in [3.63, 3.8) is 0 Å². The number of halogens is 1. The maximum atomic E-state index is 8.92. The Morgan fingerprint density at radius 1 is 0.613 bits per heavy atom. The summed E-state index contributed by atoms with van der Waals surface area (Å²) in [5.74, 6) is 0.690. The molecule has 0 spiro atoms. The van der Waals surface area contributed by atoms with Crippen molar-refractivity contribution in [3.05, 3.63) is 95.6 Å². The minimum absolute atomic E-state index is 0. The van der Waals surface area contributed by atoms with Crippen LogP contribution in [0.25, 0.3) is 0 Å². The zero-order chi connectivity index (χ0) is 23.8. The number of rotatable bonds is 0. The minimum Gasteiger partial charge on any atom is -0.508 e. The van der Waals surface area contributed by atoms with Crippen molar-refractivity contribution >= 4 is 0 Å². The highest BCUT2D eigenvalue weighted by Crippen LogP contribution is 2.12. The van der Waals surface area contributed by atoms with Gasteiger partial charge in [-0.05, 0) is 49.2 Å². The van der Waals surface area contributed by atoms with E-state index >= 15 is 0 Å². The van der Waals surface area contributed by atoms with Gasteiger partial charge in [-0.15, -0.1) is 0 Å². The van der Waals surface area contributed by atoms with E-state index < -0.39 is 0 Å². The number of nitriles is 1. The lowest BCUT2D eigenvalue weighted by Crippen LogP contribution is -1.77. The number of hydrogen-bond donors (Lipinski definition) is 2. The van der Waals surface area contributed by atoms with Crippen LogP contribution in [0.5, 0.6) is 11.5 Å². The summed E-state index contributed by atoms with van der Waals surface area (Å²) in [5.41, 5.74) is 2.73. The first-order valence-corrected chi connectivity index (χ1v) is 10.5. The molecule has 0 aliphatic carbocycles. The first-order valence-electron chi connectivity index (χ1n) is 10.5. The molecule has 0 radical (unpaired) electrons. The number of nitrogens with zero attached hydrogens (tertiary/aromatic N) is 1. The van der Waals surface area contributed by atoms with Crippen molar-refractivity contribution in [1.82, 2.24) is 0 Å². The Hall–Kier alpha value is -3.32. The van der Waals surface area contributed by atoms with E-state index in [4.69, 9.17) is 15.5 Å². The van der Waals surface area contributed by atoms with Gasteiger partial charge in [0.2, 0.25) is 0 Å². The molecule has 2 N–H and O–H groups in total. The topological polar surface area (TPSA) is 64.2 Å². The van der Waals surface area contributed by atoms with Gasteiger partial charge in [0, 0.05) is 1.43 Å². The molecule has 0 aliphatic rings. The molecular weight excluding hydrogens is 389 g/mol. The van der Waals surface area contributed by atoms with Gasteiger partial charge in [-0.1, -0.05) is 96.1 Å². The second kappa shape index (κ2) is 26.7. The standard InChI is InChI=1S/C8H7N.C7H8O.C6H6O.3C2H6.FH.H2/c1-7-4-2-3-5-8(7)6-9;1-6-4-2-3-5-7(6)8;7-6-4-2-1-3-5-6;3*1-2;;/h2-5H,1H3;2-5,8H,1H3;1-5,7H;3*1-2H3;2*1H/i;;;;;;;1+1. The lowest BCUT2D eigenvalue weighted by molar-refractivity contribution is 0.471. The molecule has 0 saturated carbocycles. The van der Waals surface area contributed by atoms with Crippen molar-refractivity contribution in [2.75, 3.05) is 0 Å². The molecule has 4 heteroatoms. The van der Waals surface area contributed by atoms with Crippen LogP contribution in [-0.2, 0) is 0 Å². The van der Waals surface area contributed by atoms with E-state index in [2.05, 4.69) is 6.07 Å². The van der Waals surface area contributed by atoms with Crippen LogP contribution in [0.4, 0.5) is 4.70 Å². The fourth-order valence-electron chi connectivity index (χ4n) is 1.69. The first-order chi connectivity index (χ1) is 14.5. The zero-order valence-corrected chi connectivity index (χ0v) is 20.3. The Kier molecular flexibility index (Phi) is 30.2. The molecule has 0 aromatic heterocycles. The summed E-state index contributed by atoms with van der Waals surface area (Å²) in [4.78, 5) is 0. The van der Waals surface area contributed by atoms with E-state index in [9.17, 15) is 0 Å². The molecule has 3 aromatic carbocycles. The van der Waals surface area contributed by atoms with E-state index in [1.54, 1.807) is 30.3 Å². The molecular formula is C27H42FNO2. The molecule has 0 heterocycles. The fraction of sp³-hybridized carbons (Fsp3) is 0.296. The van der Waals surface area contributed by atoms with Crippen molar-refractivity contribution in [1.29, 1.82) is 5.26 Å². The highest BCUT2D eigenvalue weighted by Gasteiger charge is 1.90. The Morgan fingerprint density at radius 2 is 1.00 bits per heavy atom. The SMILES string of the molecule is CC.CC.CC.Cc1ccccc1C#N.Cc1ccccc1O.F.Oc1ccccc1.[2HH]. The van der Waals surface area contributed by atoms with Crippen molar-refractivity contribution in [3.8, 4) is 17.6 Å². The Bertz CT molecular complexity index is 770. The van der Waals surface area contributed by atoms with Gasteiger partial charge in [-0.2, -0.15) is 5.26 Å². The minimum atomic E-state index is 0. The second-order valence-corrected chi connectivity index (χ2v) is 5.05. The summed E-state index contributed by atoms with van der Waals surface area (Å²) >= 11 is 0. The van der Waals surface area contributed by atoms with Gasteiger partial charge in [0.15, 0.2) is 0 Å². The lowest BCUT2D eigenvalue weighted by Gasteiger charge is -1.92. The van der Waals surface area contributed by atoms with Gasteiger partial charge in [-0.3, -0.25) is 4.70 Å². The summed E-state index contributed by atoms with van der Waals surface area (Å²) in [6, 6.07) is 25.6. The smallest absolute Gasteiger partial charge is 0.118 e. The maximum absolute atomic E-state index is 8.92. The largest absolute Gasteiger partial charge is 0.508 e. The highest BCUT2D eigenvalue weighted by molar-refractivity contribution is 5.35. The van der Waals surface area contributed by atoms with E-state index in [0.29, 0.717) is 11.5 Å². The molecule has 3 aromatic rings. The molecule has 31 heavy (non-hydrogen) atoms. The van der Waals surface area contributed by atoms with Crippen LogP contribution < -0.4 is 0 Å².